The lowest BCUT2D eigenvalue weighted by Gasteiger charge is -2.11. The van der Waals surface area contributed by atoms with Crippen LogP contribution < -0.4 is 0 Å². The van der Waals surface area contributed by atoms with Gasteiger partial charge in [0, 0.05) is 0 Å². The lowest BCUT2D eigenvalue weighted by atomic mass is 9.95. The van der Waals surface area contributed by atoms with Crippen molar-refractivity contribution in [2.24, 2.45) is 5.92 Å². The number of rotatable bonds is 33. The lowest BCUT2D eigenvalue weighted by molar-refractivity contribution is 0.429. The van der Waals surface area contributed by atoms with Gasteiger partial charge in [-0.15, -0.1) is 0 Å². The number of hydrogen-bond donors (Lipinski definition) is 0. The summed E-state index contributed by atoms with van der Waals surface area (Å²) in [5, 5.41) is 0. The molecule has 0 aromatic carbocycles. The van der Waals surface area contributed by atoms with E-state index in [2.05, 4.69) is 20.8 Å². The van der Waals surface area contributed by atoms with E-state index in [1.807, 2.05) is 0 Å². The van der Waals surface area contributed by atoms with E-state index in [-0.39, 0.29) is 0 Å². The van der Waals surface area contributed by atoms with E-state index in [1.165, 1.54) is 212 Å². The van der Waals surface area contributed by atoms with Crippen molar-refractivity contribution in [3.8, 4) is 0 Å². The van der Waals surface area contributed by atoms with Crippen molar-refractivity contribution >= 4 is 0 Å². The van der Waals surface area contributed by atoms with E-state index < -0.39 is 0 Å². The highest BCUT2D eigenvalue weighted by Crippen LogP contribution is 2.20. The second-order valence-electron chi connectivity index (χ2n) is 12.9. The highest BCUT2D eigenvalue weighted by Gasteiger charge is 2.02. The van der Waals surface area contributed by atoms with Crippen LogP contribution in [0.2, 0.25) is 0 Å². The van der Waals surface area contributed by atoms with Crippen LogP contribution in [0.15, 0.2) is 0 Å². The fraction of sp³-hybridized carbons (Fsp3) is 1.00. The smallest absolute Gasteiger partial charge is 0.0443 e. The molecule has 0 aliphatic carbocycles. The molecule has 0 fully saturated rings. The molecule has 0 amide bonds. The molecule has 0 saturated carbocycles. The summed E-state index contributed by atoms with van der Waals surface area (Å²) in [4.78, 5) is 0. The van der Waals surface area contributed by atoms with Gasteiger partial charge in [0.05, 0.1) is 0 Å². The maximum Gasteiger partial charge on any atom is -0.0443 e. The van der Waals surface area contributed by atoms with Crippen LogP contribution in [0.4, 0.5) is 0 Å². The third-order valence-electron chi connectivity index (χ3n) is 8.85. The molecule has 0 aromatic heterocycles. The predicted molar refractivity (Wildman–Crippen MR) is 173 cm³/mol. The zero-order valence-corrected chi connectivity index (χ0v) is 26.9. The summed E-state index contributed by atoms with van der Waals surface area (Å²) in [6.07, 6.45) is 48.7. The molecule has 0 heteroatoms. The molecule has 0 nitrogen and oxygen atoms in total. The molecule has 0 N–H and O–H groups in total. The van der Waals surface area contributed by atoms with Crippen LogP contribution >= 0.6 is 0 Å². The molecular formula is C37H76. The summed E-state index contributed by atoms with van der Waals surface area (Å²) < 4.78 is 0. The molecule has 1 atom stereocenters. The van der Waals surface area contributed by atoms with Gasteiger partial charge in [-0.2, -0.15) is 0 Å². The van der Waals surface area contributed by atoms with Gasteiger partial charge in [-0.05, 0) is 5.92 Å². The van der Waals surface area contributed by atoms with Crippen LogP contribution in [0.1, 0.15) is 233 Å². The Morgan fingerprint density at radius 1 is 0.243 bits per heavy atom. The largest absolute Gasteiger partial charge is 0.0654 e. The molecule has 0 radical (unpaired) electrons. The van der Waals surface area contributed by atoms with Crippen molar-refractivity contribution in [1.82, 2.24) is 0 Å². The van der Waals surface area contributed by atoms with Crippen LogP contribution in [0.25, 0.3) is 0 Å². The first-order valence-corrected chi connectivity index (χ1v) is 18.3. The van der Waals surface area contributed by atoms with Gasteiger partial charge in [0.2, 0.25) is 0 Å². The van der Waals surface area contributed by atoms with Gasteiger partial charge in [-0.25, -0.2) is 0 Å². The topological polar surface area (TPSA) is 0 Å². The van der Waals surface area contributed by atoms with Gasteiger partial charge in [-0.1, -0.05) is 233 Å². The molecule has 0 aliphatic heterocycles. The normalized spacial score (nSPS) is 12.4. The second-order valence-corrected chi connectivity index (χ2v) is 12.9. The van der Waals surface area contributed by atoms with Crippen molar-refractivity contribution in [2.75, 3.05) is 0 Å². The molecule has 0 spiro atoms. The lowest BCUT2D eigenvalue weighted by Crippen LogP contribution is -1.95. The van der Waals surface area contributed by atoms with E-state index in [1.54, 1.807) is 0 Å². The van der Waals surface area contributed by atoms with Gasteiger partial charge < -0.3 is 0 Å². The van der Waals surface area contributed by atoms with E-state index in [9.17, 15) is 0 Å². The Kier molecular flexibility index (Phi) is 34.0. The Labute approximate surface area is 238 Å². The van der Waals surface area contributed by atoms with Gasteiger partial charge in [0.25, 0.3) is 0 Å². The van der Waals surface area contributed by atoms with Crippen molar-refractivity contribution < 1.29 is 0 Å². The van der Waals surface area contributed by atoms with Crippen LogP contribution in [0, 0.1) is 5.92 Å². The first-order valence-electron chi connectivity index (χ1n) is 18.3. The molecule has 0 saturated heterocycles. The molecule has 37 heavy (non-hydrogen) atoms. The standard InChI is InChI=1S/C37H76/c1-4-6-8-10-12-14-16-18-20-21-22-24-26-28-30-32-34-36-37(3)35-33-31-29-27-25-23-19-17-15-13-11-9-7-5-2/h37H,4-36H2,1-3H3. The molecule has 1 unspecified atom stereocenters. The highest BCUT2D eigenvalue weighted by molar-refractivity contribution is 4.57. The Morgan fingerprint density at radius 3 is 0.595 bits per heavy atom. The molecule has 0 rings (SSSR count). The quantitative estimate of drug-likeness (QED) is 0.0754. The summed E-state index contributed by atoms with van der Waals surface area (Å²) in [5.74, 6) is 0.966. The van der Waals surface area contributed by atoms with Gasteiger partial charge in [0.1, 0.15) is 0 Å². The highest BCUT2D eigenvalue weighted by atomic mass is 14.1. The molecule has 224 valence electrons. The summed E-state index contributed by atoms with van der Waals surface area (Å²) in [6.45, 7) is 7.13. The van der Waals surface area contributed by atoms with Crippen molar-refractivity contribution in [3.05, 3.63) is 0 Å². The second kappa shape index (κ2) is 34.0. The Balaban J connectivity index is 3.13. The molecule has 0 aromatic rings. The zero-order valence-electron chi connectivity index (χ0n) is 26.9. The van der Waals surface area contributed by atoms with Gasteiger partial charge in [-0.3, -0.25) is 0 Å². The van der Waals surface area contributed by atoms with Crippen molar-refractivity contribution in [1.29, 1.82) is 0 Å². The third kappa shape index (κ3) is 34.0. The number of hydrogen-bond acceptors (Lipinski definition) is 0. The minimum absolute atomic E-state index is 0.966. The summed E-state index contributed by atoms with van der Waals surface area (Å²) in [5.41, 5.74) is 0. The molecule has 0 bridgehead atoms. The van der Waals surface area contributed by atoms with Gasteiger partial charge >= 0.3 is 0 Å². The average molecular weight is 521 g/mol. The van der Waals surface area contributed by atoms with Gasteiger partial charge in [0.15, 0.2) is 0 Å². The fourth-order valence-electron chi connectivity index (χ4n) is 6.05. The predicted octanol–water partition coefficient (Wildman–Crippen LogP) is 14.5. The van der Waals surface area contributed by atoms with E-state index in [0.717, 1.165) is 5.92 Å². The molecule has 0 heterocycles. The first kappa shape index (κ1) is 37.0. The minimum Gasteiger partial charge on any atom is -0.0654 e. The first-order chi connectivity index (χ1) is 18.3. The summed E-state index contributed by atoms with van der Waals surface area (Å²) >= 11 is 0. The van der Waals surface area contributed by atoms with Crippen LogP contribution in [-0.4, -0.2) is 0 Å². The Morgan fingerprint density at radius 2 is 0.405 bits per heavy atom. The Hall–Kier alpha value is 0. The minimum atomic E-state index is 0.966. The van der Waals surface area contributed by atoms with E-state index in [0.29, 0.717) is 0 Å². The monoisotopic (exact) mass is 521 g/mol. The molecule has 0 aliphatic rings. The van der Waals surface area contributed by atoms with Crippen LogP contribution in [-0.2, 0) is 0 Å². The fourth-order valence-corrected chi connectivity index (χ4v) is 6.05. The van der Waals surface area contributed by atoms with Crippen LogP contribution in [0.3, 0.4) is 0 Å². The maximum absolute atomic E-state index is 2.51. The maximum atomic E-state index is 2.51. The van der Waals surface area contributed by atoms with Crippen molar-refractivity contribution in [2.45, 2.75) is 233 Å². The summed E-state index contributed by atoms with van der Waals surface area (Å²) in [6, 6.07) is 0. The average Bonchev–Trinajstić information content (AvgIpc) is 2.90. The van der Waals surface area contributed by atoms with E-state index >= 15 is 0 Å². The SMILES string of the molecule is CCCCCCCCCCCCCCCCCCCC(C)CCCCCCCCCCCCCCCC. The van der Waals surface area contributed by atoms with Crippen LogP contribution in [0.5, 0.6) is 0 Å². The Bertz CT molecular complexity index is 372. The van der Waals surface area contributed by atoms with E-state index in [4.69, 9.17) is 0 Å². The van der Waals surface area contributed by atoms with Crippen molar-refractivity contribution in [3.63, 3.8) is 0 Å². The molecular weight excluding hydrogens is 444 g/mol. The summed E-state index contributed by atoms with van der Waals surface area (Å²) in [7, 11) is 0. The zero-order chi connectivity index (χ0) is 26.9. The third-order valence-corrected chi connectivity index (χ3v) is 8.85. The number of unbranched alkanes of at least 4 members (excludes halogenated alkanes) is 29.